The summed E-state index contributed by atoms with van der Waals surface area (Å²) >= 11 is 0. The smallest absolute Gasteiger partial charge is 0.103 e. The zero-order valence-corrected chi connectivity index (χ0v) is 11.7. The molecule has 0 spiro atoms. The monoisotopic (exact) mass is 252 g/mol. The zero-order valence-electron chi connectivity index (χ0n) is 11.7. The number of rotatable bonds is 4. The molecule has 1 radical (unpaired) electrons. The number of ether oxygens (including phenoxy) is 2. The van der Waals surface area contributed by atoms with Gasteiger partial charge in [0.2, 0.25) is 0 Å². The number of hydrogen-bond acceptors (Lipinski definition) is 3. The topological polar surface area (TPSA) is 30.5 Å². The molecule has 1 N–H and O–H groups in total. The van der Waals surface area contributed by atoms with Crippen LogP contribution in [0, 0.1) is 18.3 Å². The van der Waals surface area contributed by atoms with E-state index in [4.69, 9.17) is 9.47 Å². The maximum absolute atomic E-state index is 5.51. The lowest BCUT2D eigenvalue weighted by Gasteiger charge is -2.27. The fourth-order valence-electron chi connectivity index (χ4n) is 2.80. The average molecular weight is 252 g/mol. The summed E-state index contributed by atoms with van der Waals surface area (Å²) in [6.45, 7) is 4.41. The van der Waals surface area contributed by atoms with E-state index in [1.54, 1.807) is 14.2 Å². The van der Waals surface area contributed by atoms with Gasteiger partial charge in [-0.3, -0.25) is 0 Å². The Kier molecular flexibility index (Phi) is 4.70. The molecule has 0 amide bonds. The molecular weight excluding hydrogens is 226 g/mol. The van der Waals surface area contributed by atoms with Crippen molar-refractivity contribution >= 4 is 0 Å². The Morgan fingerprint density at radius 2 is 2.22 bits per heavy atom. The Balaban J connectivity index is 0.00000180. The van der Waals surface area contributed by atoms with Crippen LogP contribution in [-0.4, -0.2) is 27.3 Å². The Hall–Kier alpha value is -0.960. The lowest BCUT2D eigenvalue weighted by Crippen LogP contribution is -2.30. The molecule has 0 aromatic carbocycles. The first kappa shape index (κ1) is 13.5. The van der Waals surface area contributed by atoms with E-state index in [-0.39, 0.29) is 1.43 Å². The van der Waals surface area contributed by atoms with Crippen molar-refractivity contribution < 1.29 is 10.9 Å². The van der Waals surface area contributed by atoms with Gasteiger partial charge in [0.25, 0.3) is 0 Å². The molecule has 1 heterocycles. The van der Waals surface area contributed by atoms with E-state index in [9.17, 15) is 0 Å². The van der Waals surface area contributed by atoms with Gasteiger partial charge in [0.1, 0.15) is 5.76 Å². The third-order valence-electron chi connectivity index (χ3n) is 3.85. The maximum atomic E-state index is 5.51. The normalized spacial score (nSPS) is 28.9. The lowest BCUT2D eigenvalue weighted by molar-refractivity contribution is 0.234. The van der Waals surface area contributed by atoms with Crippen molar-refractivity contribution in [2.24, 2.45) is 11.8 Å². The van der Waals surface area contributed by atoms with Crippen LogP contribution < -0.4 is 5.32 Å². The predicted molar refractivity (Wildman–Crippen MR) is 74.9 cm³/mol. The quantitative estimate of drug-likeness (QED) is 0.834. The second kappa shape index (κ2) is 6.28. The predicted octanol–water partition coefficient (Wildman–Crippen LogP) is 2.91. The number of hydrogen-bond donors (Lipinski definition) is 1. The van der Waals surface area contributed by atoms with E-state index in [1.807, 2.05) is 0 Å². The summed E-state index contributed by atoms with van der Waals surface area (Å²) in [5.74, 6) is 3.08. The lowest BCUT2D eigenvalue weighted by atomic mass is 9.86. The van der Waals surface area contributed by atoms with Crippen LogP contribution in [0.3, 0.4) is 0 Å². The van der Waals surface area contributed by atoms with Crippen LogP contribution in [0.2, 0.25) is 0 Å². The van der Waals surface area contributed by atoms with Gasteiger partial charge in [-0.05, 0) is 49.9 Å². The summed E-state index contributed by atoms with van der Waals surface area (Å²) in [7, 11) is 3.50. The third kappa shape index (κ3) is 3.08. The van der Waals surface area contributed by atoms with Crippen LogP contribution in [0.1, 0.15) is 27.6 Å². The Labute approximate surface area is 112 Å². The van der Waals surface area contributed by atoms with Crippen molar-refractivity contribution in [1.29, 1.82) is 0 Å². The molecule has 1 saturated heterocycles. The largest absolute Gasteiger partial charge is 0.501 e. The van der Waals surface area contributed by atoms with Crippen molar-refractivity contribution in [2.45, 2.75) is 26.2 Å². The maximum Gasteiger partial charge on any atom is 0.103 e. The fraction of sp³-hybridized carbons (Fsp3) is 0.667. The van der Waals surface area contributed by atoms with Gasteiger partial charge in [0.05, 0.1) is 20.0 Å². The summed E-state index contributed by atoms with van der Waals surface area (Å²) in [5.41, 5.74) is 1.28. The first-order valence-corrected chi connectivity index (χ1v) is 6.83. The van der Waals surface area contributed by atoms with E-state index in [0.29, 0.717) is 5.92 Å². The molecule has 103 valence electrons. The number of piperidine rings is 1. The van der Waals surface area contributed by atoms with Crippen molar-refractivity contribution in [1.82, 2.24) is 5.32 Å². The molecule has 0 aromatic heterocycles. The Morgan fingerprint density at radius 3 is 2.83 bits per heavy atom. The van der Waals surface area contributed by atoms with Crippen molar-refractivity contribution in [3.63, 3.8) is 0 Å². The molecule has 2 atom stereocenters. The average Bonchev–Trinajstić information content (AvgIpc) is 2.41. The summed E-state index contributed by atoms with van der Waals surface area (Å²) < 4.78 is 11.0. The van der Waals surface area contributed by atoms with Crippen LogP contribution in [0.25, 0.3) is 0 Å². The molecule has 1 aliphatic heterocycles. The summed E-state index contributed by atoms with van der Waals surface area (Å²) in [6, 6.07) is 0. The number of nitrogens with one attached hydrogen (secondary N) is 1. The highest BCUT2D eigenvalue weighted by atomic mass is 16.5. The minimum atomic E-state index is 0. The van der Waals surface area contributed by atoms with Gasteiger partial charge < -0.3 is 14.8 Å². The molecule has 3 heteroatoms. The van der Waals surface area contributed by atoms with E-state index in [1.165, 1.54) is 18.4 Å². The van der Waals surface area contributed by atoms with Crippen LogP contribution in [0.4, 0.5) is 0 Å². The van der Waals surface area contributed by atoms with Gasteiger partial charge in [-0.1, -0.05) is 6.92 Å². The highest BCUT2D eigenvalue weighted by molar-refractivity contribution is 5.36. The molecule has 2 aliphatic rings. The first-order valence-electron chi connectivity index (χ1n) is 6.83. The Bertz CT molecular complexity index is 346. The van der Waals surface area contributed by atoms with Gasteiger partial charge >= 0.3 is 0 Å². The zero-order chi connectivity index (χ0) is 13.0. The van der Waals surface area contributed by atoms with Crippen LogP contribution in [0.15, 0.2) is 23.2 Å². The van der Waals surface area contributed by atoms with Crippen molar-refractivity contribution in [3.8, 4) is 0 Å². The van der Waals surface area contributed by atoms with Gasteiger partial charge in [-0.25, -0.2) is 0 Å². The molecule has 3 nitrogen and oxygen atoms in total. The van der Waals surface area contributed by atoms with Crippen LogP contribution in [-0.2, 0) is 9.47 Å². The third-order valence-corrected chi connectivity index (χ3v) is 3.85. The summed E-state index contributed by atoms with van der Waals surface area (Å²) in [6.07, 6.45) is 7.98. The molecule has 0 aromatic rings. The minimum Gasteiger partial charge on any atom is -0.501 e. The van der Waals surface area contributed by atoms with Gasteiger partial charge in [0, 0.05) is 13.8 Å². The fourth-order valence-corrected chi connectivity index (χ4v) is 2.80. The van der Waals surface area contributed by atoms with E-state index < -0.39 is 0 Å². The molecule has 18 heavy (non-hydrogen) atoms. The number of methoxy groups -OCH3 is 2. The Morgan fingerprint density at radius 1 is 1.39 bits per heavy atom. The highest BCUT2D eigenvalue weighted by Gasteiger charge is 2.24. The molecule has 0 saturated carbocycles. The second-order valence-electron chi connectivity index (χ2n) is 5.22. The van der Waals surface area contributed by atoms with E-state index >= 15 is 0 Å². The summed E-state index contributed by atoms with van der Waals surface area (Å²) in [4.78, 5) is 0. The molecular formula is C15H26NO2. The van der Waals surface area contributed by atoms with Gasteiger partial charge in [-0.2, -0.15) is 0 Å². The molecule has 0 bridgehead atoms. The van der Waals surface area contributed by atoms with Gasteiger partial charge in [-0.15, -0.1) is 0 Å². The number of allylic oxidation sites excluding steroid dienone is 4. The first-order chi connectivity index (χ1) is 8.74. The van der Waals surface area contributed by atoms with Crippen molar-refractivity contribution in [2.75, 3.05) is 27.3 Å². The second-order valence-corrected chi connectivity index (χ2v) is 5.22. The molecule has 1 aliphatic carbocycles. The molecule has 1 unspecified atom stereocenters. The van der Waals surface area contributed by atoms with Crippen LogP contribution >= 0.6 is 0 Å². The SMILES string of the molecule is COC1=CC(C[C@H]2CCCNC2)=C(OC)[CH]C1C.[HH]. The standard InChI is InChI=1S/C15H24NO2.H2/c1-11-7-15(18-3)13(9-14(11)17-2)8-12-5-4-6-16-10-12;/h7,9,11-12,16H,4-6,8,10H2,1-3H3;1H/t11?,12-;/m1./s1. The van der Waals surface area contributed by atoms with E-state index in [2.05, 4.69) is 24.7 Å². The minimum absolute atomic E-state index is 0. The highest BCUT2D eigenvalue weighted by Crippen LogP contribution is 2.33. The molecule has 2 rings (SSSR count). The van der Waals surface area contributed by atoms with Crippen LogP contribution in [0.5, 0.6) is 0 Å². The van der Waals surface area contributed by atoms with Gasteiger partial charge in [0.15, 0.2) is 0 Å². The van der Waals surface area contributed by atoms with E-state index in [0.717, 1.165) is 36.9 Å². The summed E-state index contributed by atoms with van der Waals surface area (Å²) in [5, 5.41) is 3.47. The molecule has 1 fully saturated rings. The van der Waals surface area contributed by atoms with Crippen molar-refractivity contribution in [3.05, 3.63) is 29.6 Å².